The largest absolute Gasteiger partial charge is 0.382 e. The van der Waals surface area contributed by atoms with Gasteiger partial charge in [-0.1, -0.05) is 32.9 Å². The first-order valence-corrected chi connectivity index (χ1v) is 6.60. The first kappa shape index (κ1) is 14.8. The molecule has 0 spiro atoms. The van der Waals surface area contributed by atoms with Gasteiger partial charge in [-0.2, -0.15) is 4.79 Å². The monoisotopic (exact) mass is 283 g/mol. The highest BCUT2D eigenvalue weighted by atomic mass is 16.1. The van der Waals surface area contributed by atoms with E-state index in [0.29, 0.717) is 11.3 Å². The van der Waals surface area contributed by atoms with Crippen molar-refractivity contribution in [2.75, 3.05) is 0 Å². The lowest BCUT2D eigenvalue weighted by molar-refractivity contribution is 0.00162. The summed E-state index contributed by atoms with van der Waals surface area (Å²) in [6.07, 6.45) is 0. The Bertz CT molecular complexity index is 686. The number of carbonyl (C=O) groups excluding carboxylic acids is 1. The zero-order valence-electron chi connectivity index (χ0n) is 12.5. The summed E-state index contributed by atoms with van der Waals surface area (Å²) in [7, 11) is 0. The fourth-order valence-corrected chi connectivity index (χ4v) is 1.90. The minimum atomic E-state index is -0.319. The van der Waals surface area contributed by atoms with Crippen LogP contribution in [-0.4, -0.2) is 28.0 Å². The van der Waals surface area contributed by atoms with Crippen LogP contribution in [0.5, 0.6) is 0 Å². The Morgan fingerprint density at radius 1 is 1.19 bits per heavy atom. The molecule has 0 saturated carbocycles. The molecule has 1 aliphatic rings. The fraction of sp³-hybridized carbons (Fsp3) is 0.333. The second kappa shape index (κ2) is 5.42. The van der Waals surface area contributed by atoms with E-state index >= 15 is 0 Å². The fourth-order valence-electron chi connectivity index (χ4n) is 1.90. The van der Waals surface area contributed by atoms with Gasteiger partial charge in [0.1, 0.15) is 0 Å². The number of nitrogens with zero attached hydrogens (tertiary/aromatic N) is 4. The molecule has 21 heavy (non-hydrogen) atoms. The van der Waals surface area contributed by atoms with E-state index in [-0.39, 0.29) is 22.9 Å². The first-order chi connectivity index (χ1) is 9.82. The minimum absolute atomic E-state index is 0.0339. The van der Waals surface area contributed by atoms with Gasteiger partial charge in [-0.3, -0.25) is 10.1 Å². The highest BCUT2D eigenvalue weighted by molar-refractivity contribution is 6.68. The van der Waals surface area contributed by atoms with E-state index in [1.165, 1.54) is 0 Å². The van der Waals surface area contributed by atoms with Crippen molar-refractivity contribution in [2.45, 2.75) is 33.1 Å². The molecule has 2 rings (SSSR count). The Kier molecular flexibility index (Phi) is 3.82. The van der Waals surface area contributed by atoms with Crippen LogP contribution >= 0.6 is 0 Å². The van der Waals surface area contributed by atoms with Crippen molar-refractivity contribution in [3.63, 3.8) is 0 Å². The lowest BCUT2D eigenvalue weighted by Gasteiger charge is -2.18. The van der Waals surface area contributed by atoms with Crippen LogP contribution in [0.3, 0.4) is 0 Å². The number of amides is 1. The molecule has 0 fully saturated rings. The molecule has 1 aliphatic heterocycles. The predicted octanol–water partition coefficient (Wildman–Crippen LogP) is 2.17. The number of carbonyl (C=O) groups is 1. The van der Waals surface area contributed by atoms with Crippen molar-refractivity contribution >= 4 is 23.2 Å². The van der Waals surface area contributed by atoms with Crippen molar-refractivity contribution in [1.29, 1.82) is 0 Å². The summed E-state index contributed by atoms with van der Waals surface area (Å²) >= 11 is 0. The van der Waals surface area contributed by atoms with Gasteiger partial charge in [-0.15, -0.1) is 10.2 Å². The molecule has 0 aromatic heterocycles. The molecule has 108 valence electrons. The number of amidine groups is 1. The highest BCUT2D eigenvalue weighted by Gasteiger charge is 2.28. The normalized spacial score (nSPS) is 14.4. The summed E-state index contributed by atoms with van der Waals surface area (Å²) < 4.78 is 0. The average molecular weight is 283 g/mol. The van der Waals surface area contributed by atoms with Crippen LogP contribution in [0.1, 0.15) is 43.6 Å². The van der Waals surface area contributed by atoms with Gasteiger partial charge in [0.15, 0.2) is 5.71 Å². The molecule has 1 N–H and O–H groups in total. The van der Waals surface area contributed by atoms with Gasteiger partial charge < -0.3 is 5.53 Å². The summed E-state index contributed by atoms with van der Waals surface area (Å²) in [4.78, 5) is 15.2. The molecule has 0 radical (unpaired) electrons. The van der Waals surface area contributed by atoms with Gasteiger partial charge >= 0.3 is 5.71 Å². The molecular formula is C15H17N5O. The van der Waals surface area contributed by atoms with E-state index in [1.54, 1.807) is 19.1 Å². The Morgan fingerprint density at radius 3 is 2.33 bits per heavy atom. The molecule has 0 aliphatic carbocycles. The SMILES string of the molecule is CC1=NN=C(NC(=O)c2ccc(C(C)(C)C)cc2)C1=[N+]=[N-]. The summed E-state index contributed by atoms with van der Waals surface area (Å²) in [5.74, 6) is -0.167. The van der Waals surface area contributed by atoms with Crippen LogP contribution in [0, 0.1) is 0 Å². The maximum Gasteiger partial charge on any atom is 0.382 e. The number of hydrogen-bond acceptors (Lipinski definition) is 3. The predicted molar refractivity (Wildman–Crippen MR) is 81.8 cm³/mol. The molecule has 1 amide bonds. The second-order valence-electron chi connectivity index (χ2n) is 5.86. The summed E-state index contributed by atoms with van der Waals surface area (Å²) in [5, 5.41) is 10.1. The van der Waals surface area contributed by atoms with Gasteiger partial charge in [-0.05, 0) is 30.0 Å². The molecule has 0 bridgehead atoms. The van der Waals surface area contributed by atoms with Crippen LogP contribution in [0.4, 0.5) is 0 Å². The molecule has 1 heterocycles. The molecule has 0 unspecified atom stereocenters. The summed E-state index contributed by atoms with van der Waals surface area (Å²) in [6.45, 7) is 7.98. The van der Waals surface area contributed by atoms with Crippen molar-refractivity contribution < 1.29 is 9.58 Å². The number of hydrogen-bond donors (Lipinski definition) is 1. The number of benzene rings is 1. The third-order valence-electron chi connectivity index (χ3n) is 3.21. The van der Waals surface area contributed by atoms with Gasteiger partial charge in [0.2, 0.25) is 5.84 Å². The molecule has 0 atom stereocenters. The third kappa shape index (κ3) is 3.12. The van der Waals surface area contributed by atoms with Gasteiger partial charge in [0, 0.05) is 5.56 Å². The molecule has 0 saturated heterocycles. The van der Waals surface area contributed by atoms with Crippen LogP contribution in [0.25, 0.3) is 5.53 Å². The summed E-state index contributed by atoms with van der Waals surface area (Å²) in [6, 6.07) is 7.37. The van der Waals surface area contributed by atoms with Crippen molar-refractivity contribution in [1.82, 2.24) is 5.32 Å². The average Bonchev–Trinajstić information content (AvgIpc) is 2.78. The van der Waals surface area contributed by atoms with E-state index in [1.807, 2.05) is 12.1 Å². The molecular weight excluding hydrogens is 266 g/mol. The van der Waals surface area contributed by atoms with E-state index in [2.05, 4.69) is 41.1 Å². The third-order valence-corrected chi connectivity index (χ3v) is 3.21. The number of rotatable bonds is 1. The molecule has 1 aromatic carbocycles. The van der Waals surface area contributed by atoms with Crippen LogP contribution in [-0.2, 0) is 5.41 Å². The second-order valence-corrected chi connectivity index (χ2v) is 5.86. The van der Waals surface area contributed by atoms with Crippen LogP contribution in [0.2, 0.25) is 0 Å². The Hall–Kier alpha value is -2.59. The van der Waals surface area contributed by atoms with Crippen LogP contribution in [0.15, 0.2) is 34.5 Å². The molecule has 6 heteroatoms. The maximum absolute atomic E-state index is 12.2. The van der Waals surface area contributed by atoms with E-state index in [9.17, 15) is 4.79 Å². The van der Waals surface area contributed by atoms with Crippen molar-refractivity contribution in [2.24, 2.45) is 10.2 Å². The van der Waals surface area contributed by atoms with Gasteiger partial charge in [0.25, 0.3) is 5.91 Å². The lowest BCUT2D eigenvalue weighted by atomic mass is 9.87. The Balaban J connectivity index is 2.14. The van der Waals surface area contributed by atoms with Gasteiger partial charge in [-0.25, -0.2) is 0 Å². The van der Waals surface area contributed by atoms with E-state index < -0.39 is 0 Å². The molecule has 1 aromatic rings. The Labute approximate surface area is 123 Å². The minimum Gasteiger partial charge on any atom is -0.361 e. The quantitative estimate of drug-likeness (QED) is 0.621. The zero-order chi connectivity index (χ0) is 15.6. The smallest absolute Gasteiger partial charge is 0.361 e. The van der Waals surface area contributed by atoms with Crippen molar-refractivity contribution in [3.05, 3.63) is 40.9 Å². The zero-order valence-corrected chi connectivity index (χ0v) is 12.5. The summed E-state index contributed by atoms with van der Waals surface area (Å²) in [5.41, 5.74) is 11.2. The standard InChI is InChI=1S/C15H17N5O/c1-9-12(18-16)13(20-19-9)17-14(21)10-5-7-11(8-6-10)15(2,3)4/h5-8H,1-4H3,(H,17,20,21). The van der Waals surface area contributed by atoms with Crippen molar-refractivity contribution in [3.8, 4) is 0 Å². The Morgan fingerprint density at radius 2 is 1.81 bits per heavy atom. The highest BCUT2D eigenvalue weighted by Crippen LogP contribution is 2.22. The first-order valence-electron chi connectivity index (χ1n) is 6.60. The molecule has 6 nitrogen and oxygen atoms in total. The van der Waals surface area contributed by atoms with E-state index in [4.69, 9.17) is 5.53 Å². The topological polar surface area (TPSA) is 90.2 Å². The van der Waals surface area contributed by atoms with Gasteiger partial charge in [0.05, 0.1) is 0 Å². The van der Waals surface area contributed by atoms with Crippen LogP contribution < -0.4 is 5.32 Å². The maximum atomic E-state index is 12.2. The lowest BCUT2D eigenvalue weighted by Crippen LogP contribution is -2.37. The van der Waals surface area contributed by atoms with E-state index in [0.717, 1.165) is 5.56 Å². The number of nitrogens with one attached hydrogen (secondary N) is 1.